The SMILES string of the molecule is CCC(NC(C)c1ccc(C)s1)c1cccc(F)c1. The lowest BCUT2D eigenvalue weighted by Crippen LogP contribution is -2.23. The first kappa shape index (κ1) is 14.2. The van der Waals surface area contributed by atoms with Crippen molar-refractivity contribution in [3.63, 3.8) is 0 Å². The van der Waals surface area contributed by atoms with Gasteiger partial charge in [-0.2, -0.15) is 0 Å². The third kappa shape index (κ3) is 3.64. The van der Waals surface area contributed by atoms with Crippen LogP contribution in [-0.4, -0.2) is 0 Å². The quantitative estimate of drug-likeness (QED) is 0.811. The monoisotopic (exact) mass is 277 g/mol. The summed E-state index contributed by atoms with van der Waals surface area (Å²) in [5.74, 6) is -0.169. The van der Waals surface area contributed by atoms with Crippen molar-refractivity contribution in [3.8, 4) is 0 Å². The zero-order valence-electron chi connectivity index (χ0n) is 11.6. The van der Waals surface area contributed by atoms with Crippen LogP contribution in [0.2, 0.25) is 0 Å². The highest BCUT2D eigenvalue weighted by molar-refractivity contribution is 7.12. The third-order valence-electron chi connectivity index (χ3n) is 3.30. The average molecular weight is 277 g/mol. The molecule has 2 atom stereocenters. The minimum absolute atomic E-state index is 0.169. The molecule has 2 aromatic rings. The fraction of sp³-hybridized carbons (Fsp3) is 0.375. The molecule has 1 nitrogen and oxygen atoms in total. The van der Waals surface area contributed by atoms with E-state index in [1.54, 1.807) is 12.1 Å². The summed E-state index contributed by atoms with van der Waals surface area (Å²) in [5, 5.41) is 3.58. The first-order valence-corrected chi connectivity index (χ1v) is 7.49. The van der Waals surface area contributed by atoms with Crippen LogP contribution >= 0.6 is 11.3 Å². The standard InChI is InChI=1S/C16H20FNS/c1-4-15(13-6-5-7-14(17)10-13)18-12(3)16-9-8-11(2)19-16/h5-10,12,15,18H,4H2,1-3H3. The largest absolute Gasteiger partial charge is 0.303 e. The van der Waals surface area contributed by atoms with E-state index >= 15 is 0 Å². The maximum absolute atomic E-state index is 13.3. The molecule has 0 aliphatic rings. The van der Waals surface area contributed by atoms with E-state index in [4.69, 9.17) is 0 Å². The summed E-state index contributed by atoms with van der Waals surface area (Å²) in [6, 6.07) is 11.6. The lowest BCUT2D eigenvalue weighted by atomic mass is 10.0. The second kappa shape index (κ2) is 6.31. The molecule has 3 heteroatoms. The smallest absolute Gasteiger partial charge is 0.123 e. The van der Waals surface area contributed by atoms with Gasteiger partial charge in [0.1, 0.15) is 5.82 Å². The molecule has 1 aromatic heterocycles. The van der Waals surface area contributed by atoms with Gasteiger partial charge in [0.05, 0.1) is 0 Å². The topological polar surface area (TPSA) is 12.0 Å². The lowest BCUT2D eigenvalue weighted by Gasteiger charge is -2.22. The number of thiophene rings is 1. The molecule has 1 heterocycles. The second-order valence-corrected chi connectivity index (χ2v) is 6.17. The molecular weight excluding hydrogens is 257 g/mol. The molecule has 1 aromatic carbocycles. The van der Waals surface area contributed by atoms with Crippen LogP contribution in [0.5, 0.6) is 0 Å². The van der Waals surface area contributed by atoms with E-state index < -0.39 is 0 Å². The van der Waals surface area contributed by atoms with Gasteiger partial charge < -0.3 is 5.32 Å². The summed E-state index contributed by atoms with van der Waals surface area (Å²) in [6.45, 7) is 6.40. The molecule has 0 amide bonds. The van der Waals surface area contributed by atoms with E-state index in [0.717, 1.165) is 12.0 Å². The van der Waals surface area contributed by atoms with Crippen LogP contribution in [0.1, 0.15) is 47.7 Å². The van der Waals surface area contributed by atoms with Crippen LogP contribution in [0.15, 0.2) is 36.4 Å². The van der Waals surface area contributed by atoms with Crippen LogP contribution in [0.25, 0.3) is 0 Å². The maximum Gasteiger partial charge on any atom is 0.123 e. The molecule has 0 fully saturated rings. The van der Waals surface area contributed by atoms with Gasteiger partial charge in [-0.3, -0.25) is 0 Å². The number of halogens is 1. The zero-order chi connectivity index (χ0) is 13.8. The Morgan fingerprint density at radius 2 is 2.05 bits per heavy atom. The molecule has 2 unspecified atom stereocenters. The van der Waals surface area contributed by atoms with Gasteiger partial charge in [0, 0.05) is 21.8 Å². The molecule has 0 spiro atoms. The van der Waals surface area contributed by atoms with E-state index in [-0.39, 0.29) is 17.9 Å². The summed E-state index contributed by atoms with van der Waals surface area (Å²) in [5.41, 5.74) is 1.02. The fourth-order valence-electron chi connectivity index (χ4n) is 2.24. The summed E-state index contributed by atoms with van der Waals surface area (Å²) >= 11 is 1.81. The highest BCUT2D eigenvalue weighted by Crippen LogP contribution is 2.26. The number of hydrogen-bond acceptors (Lipinski definition) is 2. The molecule has 2 rings (SSSR count). The van der Waals surface area contributed by atoms with Crippen LogP contribution in [-0.2, 0) is 0 Å². The minimum Gasteiger partial charge on any atom is -0.303 e. The van der Waals surface area contributed by atoms with Gasteiger partial charge in [-0.25, -0.2) is 4.39 Å². The first-order valence-electron chi connectivity index (χ1n) is 6.68. The molecule has 0 aliphatic heterocycles. The fourth-order valence-corrected chi connectivity index (χ4v) is 3.13. The Bertz CT molecular complexity index is 535. The third-order valence-corrected chi connectivity index (χ3v) is 4.48. The van der Waals surface area contributed by atoms with E-state index in [2.05, 4.69) is 38.2 Å². The summed E-state index contributed by atoms with van der Waals surface area (Å²) in [4.78, 5) is 2.65. The molecule has 19 heavy (non-hydrogen) atoms. The van der Waals surface area contributed by atoms with Crippen molar-refractivity contribution in [1.82, 2.24) is 5.32 Å². The van der Waals surface area contributed by atoms with Gasteiger partial charge in [0.15, 0.2) is 0 Å². The first-order chi connectivity index (χ1) is 9.10. The number of nitrogens with one attached hydrogen (secondary N) is 1. The van der Waals surface area contributed by atoms with Gasteiger partial charge in [0.2, 0.25) is 0 Å². The predicted molar refractivity (Wildman–Crippen MR) is 80.0 cm³/mol. The second-order valence-electron chi connectivity index (χ2n) is 4.85. The van der Waals surface area contributed by atoms with Crippen LogP contribution in [0.3, 0.4) is 0 Å². The molecular formula is C16H20FNS. The number of rotatable bonds is 5. The van der Waals surface area contributed by atoms with Crippen molar-refractivity contribution < 1.29 is 4.39 Å². The van der Waals surface area contributed by atoms with E-state index in [1.807, 2.05) is 17.4 Å². The van der Waals surface area contributed by atoms with Crippen molar-refractivity contribution in [1.29, 1.82) is 0 Å². The van der Waals surface area contributed by atoms with Gasteiger partial charge in [-0.15, -0.1) is 11.3 Å². The maximum atomic E-state index is 13.3. The molecule has 0 saturated carbocycles. The average Bonchev–Trinajstić information content (AvgIpc) is 2.82. The highest BCUT2D eigenvalue weighted by atomic mass is 32.1. The molecule has 0 saturated heterocycles. The van der Waals surface area contributed by atoms with E-state index in [0.29, 0.717) is 0 Å². The Labute approximate surface area is 118 Å². The van der Waals surface area contributed by atoms with Crippen LogP contribution in [0, 0.1) is 12.7 Å². The Kier molecular flexibility index (Phi) is 4.72. The Morgan fingerprint density at radius 1 is 1.26 bits per heavy atom. The van der Waals surface area contributed by atoms with Crippen LogP contribution < -0.4 is 5.32 Å². The van der Waals surface area contributed by atoms with Crippen molar-refractivity contribution in [3.05, 3.63) is 57.5 Å². The molecule has 1 N–H and O–H groups in total. The van der Waals surface area contributed by atoms with Crippen molar-refractivity contribution in [2.75, 3.05) is 0 Å². The highest BCUT2D eigenvalue weighted by Gasteiger charge is 2.15. The number of benzene rings is 1. The molecule has 102 valence electrons. The van der Waals surface area contributed by atoms with Crippen molar-refractivity contribution in [2.24, 2.45) is 0 Å². The minimum atomic E-state index is -0.169. The number of aryl methyl sites for hydroxylation is 1. The van der Waals surface area contributed by atoms with Crippen molar-refractivity contribution >= 4 is 11.3 Å². The van der Waals surface area contributed by atoms with E-state index in [9.17, 15) is 4.39 Å². The van der Waals surface area contributed by atoms with Gasteiger partial charge in [-0.05, 0) is 50.1 Å². The predicted octanol–water partition coefficient (Wildman–Crippen LogP) is 5.00. The Balaban J connectivity index is 2.11. The number of hydrogen-bond donors (Lipinski definition) is 1. The van der Waals surface area contributed by atoms with Gasteiger partial charge in [0.25, 0.3) is 0 Å². The van der Waals surface area contributed by atoms with Crippen LogP contribution in [0.4, 0.5) is 4.39 Å². The van der Waals surface area contributed by atoms with Gasteiger partial charge in [-0.1, -0.05) is 19.1 Å². The summed E-state index contributed by atoms with van der Waals surface area (Å²) in [6.07, 6.45) is 0.943. The Hall–Kier alpha value is -1.19. The lowest BCUT2D eigenvalue weighted by molar-refractivity contribution is 0.458. The normalized spacial score (nSPS) is 14.3. The van der Waals surface area contributed by atoms with Gasteiger partial charge >= 0.3 is 0 Å². The zero-order valence-corrected chi connectivity index (χ0v) is 12.4. The summed E-state index contributed by atoms with van der Waals surface area (Å²) < 4.78 is 13.3. The molecule has 0 radical (unpaired) electrons. The summed E-state index contributed by atoms with van der Waals surface area (Å²) in [7, 11) is 0. The molecule has 0 bridgehead atoms. The van der Waals surface area contributed by atoms with Crippen molar-refractivity contribution in [2.45, 2.75) is 39.3 Å². The Morgan fingerprint density at radius 3 is 2.63 bits per heavy atom. The van der Waals surface area contributed by atoms with E-state index in [1.165, 1.54) is 15.8 Å². The molecule has 0 aliphatic carbocycles.